The summed E-state index contributed by atoms with van der Waals surface area (Å²) in [4.78, 5) is 12.2. The zero-order chi connectivity index (χ0) is 14.0. The highest BCUT2D eigenvalue weighted by molar-refractivity contribution is 5.94. The number of benzene rings is 1. The Morgan fingerprint density at radius 2 is 2.11 bits per heavy atom. The largest absolute Gasteiger partial charge is 0.496 e. The molecule has 104 valence electrons. The van der Waals surface area contributed by atoms with Crippen LogP contribution in [0.25, 0.3) is 0 Å². The highest BCUT2D eigenvalue weighted by atomic mass is 16.5. The van der Waals surface area contributed by atoms with Gasteiger partial charge < -0.3 is 15.8 Å². The number of amides is 1. The molecule has 1 amide bonds. The molecule has 4 nitrogen and oxygen atoms in total. The molecule has 1 saturated carbocycles. The molecule has 2 atom stereocenters. The number of rotatable bonds is 3. The molecule has 2 unspecified atom stereocenters. The standard InChI is InChI=1S/C15H22N2O2/c1-9-7-8-13(10(2)14(9)19-3)17-15(18)11-5-4-6-12(11)16/h7-8,11-12H,4-6,16H2,1-3H3,(H,17,18). The van der Waals surface area contributed by atoms with Crippen LogP contribution in [0.5, 0.6) is 5.75 Å². The van der Waals surface area contributed by atoms with Gasteiger partial charge in [0, 0.05) is 17.3 Å². The fraction of sp³-hybridized carbons (Fsp3) is 0.533. The number of aryl methyl sites for hydroxylation is 1. The van der Waals surface area contributed by atoms with E-state index < -0.39 is 0 Å². The van der Waals surface area contributed by atoms with Crippen molar-refractivity contribution >= 4 is 11.6 Å². The molecule has 1 aliphatic carbocycles. The topological polar surface area (TPSA) is 64.3 Å². The minimum absolute atomic E-state index is 0.00681. The third-order valence-corrected chi connectivity index (χ3v) is 3.97. The molecule has 0 bridgehead atoms. The maximum absolute atomic E-state index is 12.2. The summed E-state index contributed by atoms with van der Waals surface area (Å²) in [5.41, 5.74) is 8.80. The second-order valence-corrected chi connectivity index (χ2v) is 5.28. The minimum atomic E-state index is -0.0632. The van der Waals surface area contributed by atoms with Crippen LogP contribution in [0.3, 0.4) is 0 Å². The summed E-state index contributed by atoms with van der Waals surface area (Å²) in [6, 6.07) is 3.87. The van der Waals surface area contributed by atoms with Crippen LogP contribution in [-0.4, -0.2) is 19.1 Å². The van der Waals surface area contributed by atoms with E-state index in [9.17, 15) is 4.79 Å². The van der Waals surface area contributed by atoms with Crippen molar-refractivity contribution in [1.29, 1.82) is 0 Å². The van der Waals surface area contributed by atoms with Gasteiger partial charge in [-0.25, -0.2) is 0 Å². The first-order valence-corrected chi connectivity index (χ1v) is 6.75. The molecule has 0 radical (unpaired) electrons. The molecule has 0 saturated heterocycles. The Morgan fingerprint density at radius 3 is 2.68 bits per heavy atom. The molecule has 1 aromatic carbocycles. The van der Waals surface area contributed by atoms with Crippen molar-refractivity contribution in [2.45, 2.75) is 39.2 Å². The third-order valence-electron chi connectivity index (χ3n) is 3.97. The van der Waals surface area contributed by atoms with Crippen molar-refractivity contribution in [3.05, 3.63) is 23.3 Å². The van der Waals surface area contributed by atoms with E-state index in [0.29, 0.717) is 0 Å². The normalized spacial score (nSPS) is 22.3. The van der Waals surface area contributed by atoms with E-state index in [1.165, 1.54) is 0 Å². The zero-order valence-electron chi connectivity index (χ0n) is 11.8. The fourth-order valence-corrected chi connectivity index (χ4v) is 2.82. The maximum Gasteiger partial charge on any atom is 0.229 e. The van der Waals surface area contributed by atoms with Crippen LogP contribution in [0.15, 0.2) is 12.1 Å². The summed E-state index contributed by atoms with van der Waals surface area (Å²) >= 11 is 0. The van der Waals surface area contributed by atoms with E-state index in [-0.39, 0.29) is 17.9 Å². The molecule has 0 spiro atoms. The monoisotopic (exact) mass is 262 g/mol. The number of nitrogens with two attached hydrogens (primary N) is 1. The van der Waals surface area contributed by atoms with E-state index in [4.69, 9.17) is 10.5 Å². The average molecular weight is 262 g/mol. The Morgan fingerprint density at radius 1 is 1.37 bits per heavy atom. The number of anilines is 1. The maximum atomic E-state index is 12.2. The molecular formula is C15H22N2O2. The van der Waals surface area contributed by atoms with Crippen molar-refractivity contribution in [2.75, 3.05) is 12.4 Å². The molecule has 0 aliphatic heterocycles. The highest BCUT2D eigenvalue weighted by Crippen LogP contribution is 2.31. The van der Waals surface area contributed by atoms with Crippen LogP contribution in [0.1, 0.15) is 30.4 Å². The number of carbonyl (C=O) groups is 1. The molecule has 3 N–H and O–H groups in total. The quantitative estimate of drug-likeness (QED) is 0.879. The number of ether oxygens (including phenoxy) is 1. The number of methoxy groups -OCH3 is 1. The fourth-order valence-electron chi connectivity index (χ4n) is 2.82. The first kappa shape index (κ1) is 13.9. The van der Waals surface area contributed by atoms with Crippen molar-refractivity contribution in [2.24, 2.45) is 11.7 Å². The second kappa shape index (κ2) is 5.61. The van der Waals surface area contributed by atoms with Crippen molar-refractivity contribution in [1.82, 2.24) is 0 Å². The van der Waals surface area contributed by atoms with Crippen molar-refractivity contribution in [3.63, 3.8) is 0 Å². The third kappa shape index (κ3) is 2.73. The zero-order valence-corrected chi connectivity index (χ0v) is 11.8. The van der Waals surface area contributed by atoms with E-state index >= 15 is 0 Å². The van der Waals surface area contributed by atoms with Crippen molar-refractivity contribution < 1.29 is 9.53 Å². The van der Waals surface area contributed by atoms with Gasteiger partial charge >= 0.3 is 0 Å². The first-order chi connectivity index (χ1) is 9.04. The second-order valence-electron chi connectivity index (χ2n) is 5.28. The van der Waals surface area contributed by atoms with Crippen LogP contribution in [0.2, 0.25) is 0 Å². The lowest BCUT2D eigenvalue weighted by Crippen LogP contribution is -2.34. The number of nitrogens with one attached hydrogen (secondary N) is 1. The Labute approximate surface area is 114 Å². The lowest BCUT2D eigenvalue weighted by atomic mass is 10.0. The van der Waals surface area contributed by atoms with Crippen LogP contribution < -0.4 is 15.8 Å². The highest BCUT2D eigenvalue weighted by Gasteiger charge is 2.30. The van der Waals surface area contributed by atoms with E-state index in [1.54, 1.807) is 7.11 Å². The van der Waals surface area contributed by atoms with Gasteiger partial charge in [0.05, 0.1) is 13.0 Å². The molecule has 0 heterocycles. The molecule has 1 fully saturated rings. The Kier molecular flexibility index (Phi) is 4.10. The minimum Gasteiger partial charge on any atom is -0.496 e. The molecule has 1 aromatic rings. The van der Waals surface area contributed by atoms with Gasteiger partial charge in [-0.1, -0.05) is 12.5 Å². The van der Waals surface area contributed by atoms with Gasteiger partial charge in [0.2, 0.25) is 5.91 Å². The molecule has 19 heavy (non-hydrogen) atoms. The van der Waals surface area contributed by atoms with Crippen LogP contribution in [-0.2, 0) is 4.79 Å². The average Bonchev–Trinajstić information content (AvgIpc) is 2.80. The van der Waals surface area contributed by atoms with Gasteiger partial charge in [-0.05, 0) is 38.3 Å². The predicted octanol–water partition coefficient (Wildman–Crippen LogP) is 2.38. The Balaban J connectivity index is 2.17. The lowest BCUT2D eigenvalue weighted by molar-refractivity contribution is -0.120. The van der Waals surface area contributed by atoms with E-state index in [1.807, 2.05) is 26.0 Å². The molecule has 4 heteroatoms. The SMILES string of the molecule is COc1c(C)ccc(NC(=O)C2CCCC2N)c1C. The number of hydrogen-bond acceptors (Lipinski definition) is 3. The van der Waals surface area contributed by atoms with Gasteiger partial charge in [-0.15, -0.1) is 0 Å². The molecule has 0 aromatic heterocycles. The van der Waals surface area contributed by atoms with Gasteiger partial charge in [-0.3, -0.25) is 4.79 Å². The summed E-state index contributed by atoms with van der Waals surface area (Å²) < 4.78 is 5.37. The molecule has 1 aliphatic rings. The van der Waals surface area contributed by atoms with Crippen molar-refractivity contribution in [3.8, 4) is 5.75 Å². The van der Waals surface area contributed by atoms with Crippen LogP contribution in [0.4, 0.5) is 5.69 Å². The number of carbonyl (C=O) groups excluding carboxylic acids is 1. The molecular weight excluding hydrogens is 240 g/mol. The van der Waals surface area contributed by atoms with Gasteiger partial charge in [0.25, 0.3) is 0 Å². The first-order valence-electron chi connectivity index (χ1n) is 6.75. The summed E-state index contributed by atoms with van der Waals surface area (Å²) in [7, 11) is 1.65. The Bertz CT molecular complexity index is 485. The lowest BCUT2D eigenvalue weighted by Gasteiger charge is -2.18. The summed E-state index contributed by atoms with van der Waals surface area (Å²) in [6.07, 6.45) is 2.86. The molecule has 2 rings (SSSR count). The summed E-state index contributed by atoms with van der Waals surface area (Å²) in [5.74, 6) is 0.791. The Hall–Kier alpha value is -1.55. The summed E-state index contributed by atoms with van der Waals surface area (Å²) in [5, 5.41) is 2.99. The smallest absolute Gasteiger partial charge is 0.229 e. The predicted molar refractivity (Wildman–Crippen MR) is 76.4 cm³/mol. The van der Waals surface area contributed by atoms with E-state index in [0.717, 1.165) is 41.8 Å². The summed E-state index contributed by atoms with van der Waals surface area (Å²) in [6.45, 7) is 3.94. The van der Waals surface area contributed by atoms with Gasteiger partial charge in [0.15, 0.2) is 0 Å². The van der Waals surface area contributed by atoms with Crippen LogP contribution >= 0.6 is 0 Å². The van der Waals surface area contributed by atoms with E-state index in [2.05, 4.69) is 5.32 Å². The number of hydrogen-bond donors (Lipinski definition) is 2. The van der Waals surface area contributed by atoms with Gasteiger partial charge in [-0.2, -0.15) is 0 Å². The van der Waals surface area contributed by atoms with Gasteiger partial charge in [0.1, 0.15) is 5.75 Å². The van der Waals surface area contributed by atoms with Crippen LogP contribution in [0, 0.1) is 19.8 Å².